The molecule has 0 aromatic heterocycles. The van der Waals surface area contributed by atoms with Crippen LogP contribution >= 0.6 is 0 Å². The molecular formula is C16H26FNO. The first-order chi connectivity index (χ1) is 9.06. The normalized spacial score (nSPS) is 14.4. The number of halogens is 1. The van der Waals surface area contributed by atoms with Crippen molar-refractivity contribution in [3.05, 3.63) is 35.1 Å². The summed E-state index contributed by atoms with van der Waals surface area (Å²) < 4.78 is 18.7. The summed E-state index contributed by atoms with van der Waals surface area (Å²) in [5.41, 5.74) is 2.23. The number of methoxy groups -OCH3 is 1. The molecule has 2 nitrogen and oxygen atoms in total. The molecule has 1 aromatic rings. The maximum atomic E-state index is 13.3. The van der Waals surface area contributed by atoms with Crippen LogP contribution in [0.3, 0.4) is 0 Å². The molecule has 19 heavy (non-hydrogen) atoms. The molecule has 2 unspecified atom stereocenters. The molecule has 2 atom stereocenters. The Balaban J connectivity index is 2.71. The van der Waals surface area contributed by atoms with Crippen LogP contribution in [0.25, 0.3) is 0 Å². The Morgan fingerprint density at radius 3 is 2.74 bits per heavy atom. The van der Waals surface area contributed by atoms with E-state index in [2.05, 4.69) is 19.2 Å². The van der Waals surface area contributed by atoms with Crippen molar-refractivity contribution in [2.45, 2.75) is 52.2 Å². The molecule has 0 bridgehead atoms. The van der Waals surface area contributed by atoms with Gasteiger partial charge < -0.3 is 10.1 Å². The van der Waals surface area contributed by atoms with Crippen LogP contribution < -0.4 is 5.32 Å². The van der Waals surface area contributed by atoms with E-state index >= 15 is 0 Å². The van der Waals surface area contributed by atoms with Crippen LogP contribution in [-0.2, 0) is 11.2 Å². The van der Waals surface area contributed by atoms with E-state index in [4.69, 9.17) is 4.74 Å². The van der Waals surface area contributed by atoms with E-state index in [1.54, 1.807) is 13.2 Å². The van der Waals surface area contributed by atoms with Crippen molar-refractivity contribution in [3.8, 4) is 0 Å². The second kappa shape index (κ2) is 8.28. The molecule has 0 aliphatic rings. The summed E-state index contributed by atoms with van der Waals surface area (Å²) in [5, 5.41) is 3.53. The number of nitrogens with one attached hydrogen (secondary N) is 1. The summed E-state index contributed by atoms with van der Waals surface area (Å²) in [6.07, 6.45) is 3.09. The minimum atomic E-state index is -0.158. The van der Waals surface area contributed by atoms with Gasteiger partial charge in [0, 0.05) is 13.2 Å². The lowest BCUT2D eigenvalue weighted by atomic mass is 9.97. The largest absolute Gasteiger partial charge is 0.382 e. The molecule has 0 aliphatic heterocycles. The Morgan fingerprint density at radius 2 is 2.11 bits per heavy atom. The highest BCUT2D eigenvalue weighted by atomic mass is 19.1. The van der Waals surface area contributed by atoms with Crippen molar-refractivity contribution in [2.75, 3.05) is 13.7 Å². The van der Waals surface area contributed by atoms with Gasteiger partial charge in [-0.05, 0) is 62.9 Å². The molecule has 0 aliphatic carbocycles. The molecule has 0 heterocycles. The summed E-state index contributed by atoms with van der Waals surface area (Å²) in [5.74, 6) is -0.158. The number of aryl methyl sites for hydroxylation is 1. The van der Waals surface area contributed by atoms with Gasteiger partial charge in [0.1, 0.15) is 5.82 Å². The standard InChI is InChI=1S/C16H26FNO/c1-5-8-18-16(9-13(3)19-4)11-14-10-15(17)7-6-12(14)2/h6-7,10,13,16,18H,5,8-9,11H2,1-4H3. The number of rotatable bonds is 8. The zero-order valence-electron chi connectivity index (χ0n) is 12.5. The van der Waals surface area contributed by atoms with Crippen LogP contribution in [0.15, 0.2) is 18.2 Å². The number of hydrogen-bond donors (Lipinski definition) is 1. The molecule has 0 fully saturated rings. The van der Waals surface area contributed by atoms with Gasteiger partial charge >= 0.3 is 0 Å². The average molecular weight is 267 g/mol. The lowest BCUT2D eigenvalue weighted by Gasteiger charge is -2.22. The van der Waals surface area contributed by atoms with Gasteiger partial charge in [0.05, 0.1) is 6.10 Å². The highest BCUT2D eigenvalue weighted by Crippen LogP contribution is 2.15. The van der Waals surface area contributed by atoms with Crippen molar-refractivity contribution in [3.63, 3.8) is 0 Å². The van der Waals surface area contributed by atoms with Gasteiger partial charge in [-0.25, -0.2) is 4.39 Å². The summed E-state index contributed by atoms with van der Waals surface area (Å²) in [6.45, 7) is 7.23. The number of ether oxygens (including phenoxy) is 1. The third kappa shape index (κ3) is 5.70. The van der Waals surface area contributed by atoms with E-state index in [1.807, 2.05) is 13.0 Å². The number of hydrogen-bond acceptors (Lipinski definition) is 2. The predicted octanol–water partition coefficient (Wildman–Crippen LogP) is 3.47. The topological polar surface area (TPSA) is 21.3 Å². The third-order valence-electron chi connectivity index (χ3n) is 3.48. The molecule has 0 saturated heterocycles. The summed E-state index contributed by atoms with van der Waals surface area (Å²) >= 11 is 0. The van der Waals surface area contributed by atoms with Gasteiger partial charge in [-0.1, -0.05) is 13.0 Å². The molecule has 1 N–H and O–H groups in total. The van der Waals surface area contributed by atoms with Crippen LogP contribution in [0.2, 0.25) is 0 Å². The SMILES string of the molecule is CCCNC(Cc1cc(F)ccc1C)CC(C)OC. The van der Waals surface area contributed by atoms with E-state index in [-0.39, 0.29) is 11.9 Å². The van der Waals surface area contributed by atoms with Crippen molar-refractivity contribution in [1.29, 1.82) is 0 Å². The summed E-state index contributed by atoms with van der Waals surface area (Å²) in [7, 11) is 1.73. The van der Waals surface area contributed by atoms with Gasteiger partial charge in [0.15, 0.2) is 0 Å². The molecule has 0 spiro atoms. The first-order valence-corrected chi connectivity index (χ1v) is 7.08. The maximum absolute atomic E-state index is 13.3. The van der Waals surface area contributed by atoms with E-state index in [9.17, 15) is 4.39 Å². The Morgan fingerprint density at radius 1 is 1.37 bits per heavy atom. The molecule has 1 aromatic carbocycles. The molecule has 108 valence electrons. The molecule has 1 rings (SSSR count). The van der Waals surface area contributed by atoms with Gasteiger partial charge in [-0.15, -0.1) is 0 Å². The zero-order valence-corrected chi connectivity index (χ0v) is 12.5. The Kier molecular flexibility index (Phi) is 7.03. The summed E-state index contributed by atoms with van der Waals surface area (Å²) in [4.78, 5) is 0. The fourth-order valence-corrected chi connectivity index (χ4v) is 2.21. The van der Waals surface area contributed by atoms with Crippen molar-refractivity contribution in [2.24, 2.45) is 0 Å². The average Bonchev–Trinajstić information content (AvgIpc) is 2.39. The van der Waals surface area contributed by atoms with Crippen LogP contribution in [-0.4, -0.2) is 25.8 Å². The van der Waals surface area contributed by atoms with Gasteiger partial charge in [-0.3, -0.25) is 0 Å². The predicted molar refractivity (Wildman–Crippen MR) is 78.0 cm³/mol. The van der Waals surface area contributed by atoms with Crippen molar-refractivity contribution < 1.29 is 9.13 Å². The molecule has 3 heteroatoms. The number of benzene rings is 1. The van der Waals surface area contributed by atoms with E-state index in [1.165, 1.54) is 6.07 Å². The lowest BCUT2D eigenvalue weighted by molar-refractivity contribution is 0.100. The van der Waals surface area contributed by atoms with Crippen LogP contribution in [0.1, 0.15) is 37.8 Å². The lowest BCUT2D eigenvalue weighted by Crippen LogP contribution is -2.35. The third-order valence-corrected chi connectivity index (χ3v) is 3.48. The first kappa shape index (κ1) is 16.1. The highest BCUT2D eigenvalue weighted by Gasteiger charge is 2.14. The summed E-state index contributed by atoms with van der Waals surface area (Å²) in [6, 6.07) is 5.34. The fraction of sp³-hybridized carbons (Fsp3) is 0.625. The first-order valence-electron chi connectivity index (χ1n) is 7.08. The molecule has 0 amide bonds. The molecule has 0 radical (unpaired) electrons. The van der Waals surface area contributed by atoms with E-state index in [0.717, 1.165) is 36.9 Å². The van der Waals surface area contributed by atoms with Crippen LogP contribution in [0.5, 0.6) is 0 Å². The Bertz CT molecular complexity index is 381. The monoisotopic (exact) mass is 267 g/mol. The second-order valence-corrected chi connectivity index (χ2v) is 5.21. The Labute approximate surface area is 116 Å². The van der Waals surface area contributed by atoms with Gasteiger partial charge in [0.2, 0.25) is 0 Å². The molecular weight excluding hydrogens is 241 g/mol. The van der Waals surface area contributed by atoms with E-state index < -0.39 is 0 Å². The van der Waals surface area contributed by atoms with Crippen LogP contribution in [0, 0.1) is 12.7 Å². The minimum absolute atomic E-state index is 0.158. The smallest absolute Gasteiger partial charge is 0.123 e. The van der Waals surface area contributed by atoms with Gasteiger partial charge in [0.25, 0.3) is 0 Å². The second-order valence-electron chi connectivity index (χ2n) is 5.21. The maximum Gasteiger partial charge on any atom is 0.123 e. The van der Waals surface area contributed by atoms with E-state index in [0.29, 0.717) is 6.04 Å². The van der Waals surface area contributed by atoms with Crippen molar-refractivity contribution in [1.82, 2.24) is 5.32 Å². The van der Waals surface area contributed by atoms with Gasteiger partial charge in [-0.2, -0.15) is 0 Å². The highest BCUT2D eigenvalue weighted by molar-refractivity contribution is 5.27. The van der Waals surface area contributed by atoms with Crippen molar-refractivity contribution >= 4 is 0 Å². The minimum Gasteiger partial charge on any atom is -0.382 e. The Hall–Kier alpha value is -0.930. The van der Waals surface area contributed by atoms with Crippen LogP contribution in [0.4, 0.5) is 4.39 Å². The fourth-order valence-electron chi connectivity index (χ4n) is 2.21. The molecule has 0 saturated carbocycles. The zero-order chi connectivity index (χ0) is 14.3. The quantitative estimate of drug-likeness (QED) is 0.778.